The molecule has 0 fully saturated rings. The third kappa shape index (κ3) is 3.42. The fraction of sp³-hybridized carbons (Fsp3) is 0.261. The Hall–Kier alpha value is -2.96. The van der Waals surface area contributed by atoms with Crippen LogP contribution in [0.15, 0.2) is 53.6 Å². The molecule has 5 rings (SSSR count). The summed E-state index contributed by atoms with van der Waals surface area (Å²) in [4.78, 5) is 22.1. The van der Waals surface area contributed by atoms with Gasteiger partial charge in [-0.15, -0.1) is 12.4 Å². The van der Waals surface area contributed by atoms with Crippen LogP contribution in [0.5, 0.6) is 0 Å². The Bertz CT molecular complexity index is 1270. The van der Waals surface area contributed by atoms with Crippen molar-refractivity contribution in [3.63, 3.8) is 0 Å². The maximum absolute atomic E-state index is 12.8. The molecule has 0 aliphatic carbocycles. The van der Waals surface area contributed by atoms with Gasteiger partial charge in [0.15, 0.2) is 0 Å². The number of nitrogens with one attached hydrogen (secondary N) is 1. The Morgan fingerprint density at radius 2 is 1.90 bits per heavy atom. The molecule has 0 bridgehead atoms. The van der Waals surface area contributed by atoms with Gasteiger partial charge in [0.05, 0.1) is 5.69 Å². The van der Waals surface area contributed by atoms with Crippen LogP contribution in [0.3, 0.4) is 0 Å². The summed E-state index contributed by atoms with van der Waals surface area (Å²) in [7, 11) is 2.07. The summed E-state index contributed by atoms with van der Waals surface area (Å²) in [6.45, 7) is 3.97. The number of hydrogen-bond acceptors (Lipinski definition) is 4. The van der Waals surface area contributed by atoms with Crippen LogP contribution in [0.2, 0.25) is 0 Å². The first kappa shape index (κ1) is 20.3. The number of rotatable bonds is 2. The molecule has 4 aromatic heterocycles. The SMILES string of the molecule is Cc1ccc(-c2ccn(-c3ccc4c5c(n(C)c4n3)CCNCC5)c(=O)c2)nc1.Cl. The molecule has 0 unspecified atom stereocenters. The van der Waals surface area contributed by atoms with E-state index in [1.165, 1.54) is 16.6 Å². The van der Waals surface area contributed by atoms with Gasteiger partial charge in [-0.05, 0) is 55.3 Å². The smallest absolute Gasteiger partial charge is 0.256 e. The van der Waals surface area contributed by atoms with Gasteiger partial charge in [-0.25, -0.2) is 4.98 Å². The molecule has 6 nitrogen and oxygen atoms in total. The number of hydrogen-bond donors (Lipinski definition) is 1. The molecule has 0 saturated carbocycles. The highest BCUT2D eigenvalue weighted by Gasteiger charge is 2.18. The lowest BCUT2D eigenvalue weighted by atomic mass is 10.1. The molecule has 0 atom stereocenters. The highest BCUT2D eigenvalue weighted by atomic mass is 35.5. The van der Waals surface area contributed by atoms with Gasteiger partial charge < -0.3 is 9.88 Å². The van der Waals surface area contributed by atoms with E-state index in [1.54, 1.807) is 16.8 Å². The fourth-order valence-electron chi connectivity index (χ4n) is 4.16. The number of fused-ring (bicyclic) bond motifs is 3. The minimum Gasteiger partial charge on any atom is -0.332 e. The van der Waals surface area contributed by atoms with Crippen molar-refractivity contribution in [1.82, 2.24) is 24.4 Å². The van der Waals surface area contributed by atoms with Crippen molar-refractivity contribution < 1.29 is 0 Å². The Kier molecular flexibility index (Phi) is 5.45. The minimum absolute atomic E-state index is 0. The number of aryl methyl sites for hydroxylation is 2. The normalized spacial score (nSPS) is 13.5. The summed E-state index contributed by atoms with van der Waals surface area (Å²) in [5.74, 6) is 0.639. The summed E-state index contributed by atoms with van der Waals surface area (Å²) in [5, 5.41) is 4.64. The molecule has 0 radical (unpaired) electrons. The zero-order chi connectivity index (χ0) is 20.0. The first-order valence-corrected chi connectivity index (χ1v) is 9.96. The molecule has 5 heterocycles. The first-order chi connectivity index (χ1) is 14.1. The Morgan fingerprint density at radius 3 is 2.67 bits per heavy atom. The third-order valence-corrected chi connectivity index (χ3v) is 5.72. The minimum atomic E-state index is -0.114. The van der Waals surface area contributed by atoms with Crippen molar-refractivity contribution in [2.24, 2.45) is 7.05 Å². The monoisotopic (exact) mass is 421 g/mol. The van der Waals surface area contributed by atoms with E-state index in [1.807, 2.05) is 37.4 Å². The number of nitrogens with zero attached hydrogens (tertiary/aromatic N) is 4. The lowest BCUT2D eigenvalue weighted by Crippen LogP contribution is -2.18. The van der Waals surface area contributed by atoms with Crippen LogP contribution in [0.25, 0.3) is 28.1 Å². The predicted octanol–water partition coefficient (Wildman–Crippen LogP) is 3.20. The molecule has 0 aromatic carbocycles. The van der Waals surface area contributed by atoms with Crippen LogP contribution in [0.4, 0.5) is 0 Å². The van der Waals surface area contributed by atoms with Crippen LogP contribution >= 0.6 is 12.4 Å². The highest BCUT2D eigenvalue weighted by Crippen LogP contribution is 2.27. The van der Waals surface area contributed by atoms with Crippen LogP contribution in [-0.2, 0) is 19.9 Å². The molecule has 154 valence electrons. The van der Waals surface area contributed by atoms with Gasteiger partial charge in [0.25, 0.3) is 5.56 Å². The van der Waals surface area contributed by atoms with E-state index < -0.39 is 0 Å². The van der Waals surface area contributed by atoms with Crippen molar-refractivity contribution in [3.05, 3.63) is 76.0 Å². The zero-order valence-corrected chi connectivity index (χ0v) is 17.9. The van der Waals surface area contributed by atoms with E-state index in [0.29, 0.717) is 5.82 Å². The second-order valence-electron chi connectivity index (χ2n) is 7.62. The predicted molar refractivity (Wildman–Crippen MR) is 122 cm³/mol. The molecule has 0 amide bonds. The maximum Gasteiger partial charge on any atom is 0.256 e. The topological polar surface area (TPSA) is 64.7 Å². The summed E-state index contributed by atoms with van der Waals surface area (Å²) < 4.78 is 3.77. The van der Waals surface area contributed by atoms with Crippen LogP contribution in [0.1, 0.15) is 16.8 Å². The van der Waals surface area contributed by atoms with Gasteiger partial charge >= 0.3 is 0 Å². The van der Waals surface area contributed by atoms with E-state index in [-0.39, 0.29) is 18.0 Å². The Morgan fingerprint density at radius 1 is 1.07 bits per heavy atom. The molecular weight excluding hydrogens is 398 g/mol. The van der Waals surface area contributed by atoms with Crippen molar-refractivity contribution in [2.75, 3.05) is 13.1 Å². The van der Waals surface area contributed by atoms with E-state index in [0.717, 1.165) is 48.4 Å². The Balaban J connectivity index is 0.00000218. The average molecular weight is 422 g/mol. The van der Waals surface area contributed by atoms with Crippen molar-refractivity contribution in [2.45, 2.75) is 19.8 Å². The molecule has 1 N–H and O–H groups in total. The standard InChI is InChI=1S/C23H23N5O.ClH/c1-15-3-5-19(25-14-15)16-9-12-28(22(29)13-16)21-6-4-18-17-7-10-24-11-8-20(17)27(2)23(18)26-21;/h3-6,9,12-14,24H,7-8,10-11H2,1-2H3;1H. The molecule has 1 aliphatic rings. The molecule has 7 heteroatoms. The zero-order valence-electron chi connectivity index (χ0n) is 17.1. The molecular formula is C23H24ClN5O. The van der Waals surface area contributed by atoms with Gasteiger partial charge in [0.2, 0.25) is 0 Å². The van der Waals surface area contributed by atoms with E-state index in [2.05, 4.69) is 28.0 Å². The van der Waals surface area contributed by atoms with Crippen molar-refractivity contribution in [1.29, 1.82) is 0 Å². The van der Waals surface area contributed by atoms with Crippen LogP contribution < -0.4 is 10.9 Å². The second kappa shape index (κ2) is 8.05. The molecule has 1 aliphatic heterocycles. The van der Waals surface area contributed by atoms with Gasteiger partial charge in [0, 0.05) is 55.1 Å². The lowest BCUT2D eigenvalue weighted by molar-refractivity contribution is 0.698. The van der Waals surface area contributed by atoms with Gasteiger partial charge in [-0.2, -0.15) is 0 Å². The van der Waals surface area contributed by atoms with Crippen LogP contribution in [-0.4, -0.2) is 32.2 Å². The second-order valence-corrected chi connectivity index (χ2v) is 7.62. The van der Waals surface area contributed by atoms with Gasteiger partial charge in [-0.3, -0.25) is 14.3 Å². The number of pyridine rings is 3. The Labute approximate surface area is 181 Å². The summed E-state index contributed by atoms with van der Waals surface area (Å²) in [6.07, 6.45) is 5.60. The number of halogens is 1. The first-order valence-electron chi connectivity index (χ1n) is 9.96. The van der Waals surface area contributed by atoms with Crippen molar-refractivity contribution >= 4 is 23.4 Å². The third-order valence-electron chi connectivity index (χ3n) is 5.72. The van der Waals surface area contributed by atoms with Gasteiger partial charge in [0.1, 0.15) is 11.5 Å². The fourth-order valence-corrected chi connectivity index (χ4v) is 4.16. The molecule has 0 spiro atoms. The van der Waals surface area contributed by atoms with E-state index in [9.17, 15) is 4.79 Å². The molecule has 30 heavy (non-hydrogen) atoms. The largest absolute Gasteiger partial charge is 0.332 e. The lowest BCUT2D eigenvalue weighted by Gasteiger charge is -2.08. The van der Waals surface area contributed by atoms with Crippen molar-refractivity contribution in [3.8, 4) is 17.1 Å². The van der Waals surface area contributed by atoms with E-state index >= 15 is 0 Å². The van der Waals surface area contributed by atoms with Crippen LogP contribution in [0, 0.1) is 6.92 Å². The van der Waals surface area contributed by atoms with Gasteiger partial charge in [-0.1, -0.05) is 6.07 Å². The summed E-state index contributed by atoms with van der Waals surface area (Å²) in [6, 6.07) is 11.5. The molecule has 0 saturated heterocycles. The quantitative estimate of drug-likeness (QED) is 0.539. The maximum atomic E-state index is 12.8. The summed E-state index contributed by atoms with van der Waals surface area (Å²) >= 11 is 0. The molecule has 4 aromatic rings. The number of aromatic nitrogens is 4. The van der Waals surface area contributed by atoms with E-state index in [4.69, 9.17) is 4.98 Å². The summed E-state index contributed by atoms with van der Waals surface area (Å²) in [5.41, 5.74) is 6.23. The average Bonchev–Trinajstić information content (AvgIpc) is 2.89. The highest BCUT2D eigenvalue weighted by molar-refractivity contribution is 5.85.